The molecule has 110 valence electrons. The lowest BCUT2D eigenvalue weighted by Crippen LogP contribution is -2.07. The van der Waals surface area contributed by atoms with Crippen LogP contribution in [0.3, 0.4) is 0 Å². The van der Waals surface area contributed by atoms with E-state index in [1.807, 2.05) is 30.3 Å². The minimum Gasteiger partial charge on any atom is -0.239 e. The van der Waals surface area contributed by atoms with Gasteiger partial charge in [0.15, 0.2) is 12.0 Å². The third kappa shape index (κ3) is 2.23. The lowest BCUT2D eigenvalue weighted by atomic mass is 10.0. The van der Waals surface area contributed by atoms with Gasteiger partial charge in [0, 0.05) is 12.8 Å². The first-order chi connectivity index (χ1) is 10.0. The van der Waals surface area contributed by atoms with Crippen molar-refractivity contribution in [3.63, 3.8) is 0 Å². The van der Waals surface area contributed by atoms with E-state index in [4.69, 9.17) is 0 Å². The van der Waals surface area contributed by atoms with Crippen molar-refractivity contribution in [2.75, 3.05) is 0 Å². The number of hydrogen-bond donors (Lipinski definition) is 0. The number of alkyl halides is 3. The van der Waals surface area contributed by atoms with E-state index in [1.54, 1.807) is 4.68 Å². The Balaban J connectivity index is 1.62. The van der Waals surface area contributed by atoms with Crippen molar-refractivity contribution in [1.82, 2.24) is 14.8 Å². The number of fused-ring (bicyclic) bond motifs is 1. The Labute approximate surface area is 123 Å². The Morgan fingerprint density at radius 3 is 2.62 bits per heavy atom. The Morgan fingerprint density at radius 1 is 1.24 bits per heavy atom. The van der Waals surface area contributed by atoms with Crippen molar-refractivity contribution in [2.24, 2.45) is 0 Å². The van der Waals surface area contributed by atoms with Crippen LogP contribution in [0.1, 0.15) is 36.4 Å². The molecule has 3 nitrogen and oxygen atoms in total. The Morgan fingerprint density at radius 2 is 1.95 bits per heavy atom. The summed E-state index contributed by atoms with van der Waals surface area (Å²) in [6, 6.07) is 9.28. The zero-order valence-electron chi connectivity index (χ0n) is 10.9. The van der Waals surface area contributed by atoms with Crippen LogP contribution in [0, 0.1) is 0 Å². The first-order valence-corrected chi connectivity index (χ1v) is 7.62. The molecule has 2 heterocycles. The molecule has 0 radical (unpaired) electrons. The topological polar surface area (TPSA) is 30.7 Å². The van der Waals surface area contributed by atoms with E-state index in [2.05, 4.69) is 10.1 Å². The molecule has 0 spiro atoms. The van der Waals surface area contributed by atoms with Crippen molar-refractivity contribution in [1.29, 1.82) is 0 Å². The molecule has 1 aromatic heterocycles. The predicted octanol–water partition coefficient (Wildman–Crippen LogP) is 3.78. The van der Waals surface area contributed by atoms with Crippen molar-refractivity contribution < 1.29 is 13.2 Å². The molecule has 1 aliphatic heterocycles. The van der Waals surface area contributed by atoms with Gasteiger partial charge in [-0.15, -0.1) is 5.10 Å². The molecule has 1 unspecified atom stereocenters. The minimum atomic E-state index is -2.63. The number of aromatic nitrogens is 3. The third-order valence-electron chi connectivity index (χ3n) is 3.84. The molecular weight excluding hydrogens is 299 g/mol. The lowest BCUT2D eigenvalue weighted by Gasteiger charge is -2.11. The van der Waals surface area contributed by atoms with Crippen molar-refractivity contribution in [3.8, 4) is 0 Å². The maximum Gasteiger partial charge on any atom is 0.261 e. The van der Waals surface area contributed by atoms with E-state index in [1.165, 1.54) is 0 Å². The van der Waals surface area contributed by atoms with Gasteiger partial charge in [-0.2, -0.15) is 0 Å². The molecule has 3 atom stereocenters. The Hall–Kier alpha value is -1.50. The fraction of sp³-hybridized carbons (Fsp3) is 0.429. The van der Waals surface area contributed by atoms with Gasteiger partial charge in [-0.25, -0.2) is 22.8 Å². The van der Waals surface area contributed by atoms with E-state index in [9.17, 15) is 13.2 Å². The van der Waals surface area contributed by atoms with Crippen molar-refractivity contribution in [3.05, 3.63) is 41.7 Å². The molecule has 1 saturated carbocycles. The highest BCUT2D eigenvalue weighted by molar-refractivity contribution is 8.00. The van der Waals surface area contributed by atoms with Gasteiger partial charge in [0.2, 0.25) is 5.16 Å². The summed E-state index contributed by atoms with van der Waals surface area (Å²) in [7, 11) is 0. The van der Waals surface area contributed by atoms with Crippen LogP contribution in [0.15, 0.2) is 35.5 Å². The Bertz CT molecular complexity index is 673. The number of thioether (sulfide) groups is 1. The molecule has 4 rings (SSSR count). The summed E-state index contributed by atoms with van der Waals surface area (Å²) in [5, 5.41) is 3.72. The molecule has 0 saturated heterocycles. The van der Waals surface area contributed by atoms with Gasteiger partial charge >= 0.3 is 0 Å². The second-order valence-corrected chi connectivity index (χ2v) is 6.57. The smallest absolute Gasteiger partial charge is 0.239 e. The summed E-state index contributed by atoms with van der Waals surface area (Å²) in [6.45, 7) is 0. The first kappa shape index (κ1) is 13.2. The van der Waals surface area contributed by atoms with Gasteiger partial charge in [0.25, 0.3) is 5.92 Å². The highest BCUT2D eigenvalue weighted by Crippen LogP contribution is 2.52. The van der Waals surface area contributed by atoms with Gasteiger partial charge in [-0.3, -0.25) is 0 Å². The molecule has 2 aromatic rings. The molecule has 1 aromatic carbocycles. The number of halogens is 3. The number of hydrogen-bond acceptors (Lipinski definition) is 3. The average Bonchev–Trinajstić information content (AvgIpc) is 2.80. The van der Waals surface area contributed by atoms with E-state index in [0.29, 0.717) is 6.42 Å². The normalized spacial score (nSPS) is 29.4. The Kier molecular flexibility index (Phi) is 2.82. The molecule has 1 aliphatic carbocycles. The van der Waals surface area contributed by atoms with E-state index in [-0.39, 0.29) is 23.4 Å². The van der Waals surface area contributed by atoms with Gasteiger partial charge < -0.3 is 0 Å². The van der Waals surface area contributed by atoms with Crippen molar-refractivity contribution >= 4 is 11.8 Å². The van der Waals surface area contributed by atoms with Crippen LogP contribution in [0.25, 0.3) is 0 Å². The van der Waals surface area contributed by atoms with Gasteiger partial charge in [0.1, 0.15) is 0 Å². The first-order valence-electron chi connectivity index (χ1n) is 6.74. The molecule has 2 aliphatic rings. The van der Waals surface area contributed by atoms with Crippen LogP contribution in [-0.2, 0) is 0 Å². The van der Waals surface area contributed by atoms with Gasteiger partial charge in [0.05, 0.1) is 11.3 Å². The molecule has 1 fully saturated rings. The molecule has 0 N–H and O–H groups in total. The van der Waals surface area contributed by atoms with Crippen molar-refractivity contribution in [2.45, 2.75) is 41.4 Å². The highest BCUT2D eigenvalue weighted by atomic mass is 32.2. The van der Waals surface area contributed by atoms with E-state index in [0.717, 1.165) is 17.3 Å². The van der Waals surface area contributed by atoms with Gasteiger partial charge in [-0.1, -0.05) is 42.1 Å². The zero-order valence-corrected chi connectivity index (χ0v) is 11.7. The van der Waals surface area contributed by atoms with Crippen LogP contribution in [0.5, 0.6) is 0 Å². The van der Waals surface area contributed by atoms with E-state index >= 15 is 0 Å². The van der Waals surface area contributed by atoms with Crippen LogP contribution in [0.4, 0.5) is 13.2 Å². The molecule has 0 bridgehead atoms. The molecule has 0 amide bonds. The van der Waals surface area contributed by atoms with Gasteiger partial charge in [-0.05, 0) is 5.56 Å². The van der Waals surface area contributed by atoms with Crippen LogP contribution < -0.4 is 0 Å². The summed E-state index contributed by atoms with van der Waals surface area (Å²) < 4.78 is 41.5. The van der Waals surface area contributed by atoms with Crippen LogP contribution >= 0.6 is 11.8 Å². The number of rotatable bonds is 3. The fourth-order valence-electron chi connectivity index (χ4n) is 2.60. The molecule has 21 heavy (non-hydrogen) atoms. The second-order valence-electron chi connectivity index (χ2n) is 5.40. The maximum atomic E-state index is 14.1. The quantitative estimate of drug-likeness (QED) is 0.864. The molecule has 7 heteroatoms. The largest absolute Gasteiger partial charge is 0.261 e. The number of nitrogens with zero attached hydrogens (tertiary/aromatic N) is 3. The highest BCUT2D eigenvalue weighted by Gasteiger charge is 2.58. The zero-order chi connectivity index (χ0) is 14.6. The third-order valence-corrected chi connectivity index (χ3v) is 5.02. The summed E-state index contributed by atoms with van der Waals surface area (Å²) in [6.07, 6.45) is -1.05. The average molecular weight is 311 g/mol. The fourth-order valence-corrected chi connectivity index (χ4v) is 3.62. The number of benzene rings is 1. The summed E-state index contributed by atoms with van der Waals surface area (Å²) >= 11 is 0.940. The summed E-state index contributed by atoms with van der Waals surface area (Å²) in [5.74, 6) is -2.38. The predicted molar refractivity (Wildman–Crippen MR) is 72.3 cm³/mol. The molecular formula is C14H12F3N3S. The second kappa shape index (κ2) is 4.50. The summed E-state index contributed by atoms with van der Waals surface area (Å²) in [5.41, 5.74) is 0.956. The maximum absolute atomic E-state index is 14.1. The van der Waals surface area contributed by atoms with E-state index < -0.39 is 17.3 Å². The van der Waals surface area contributed by atoms with Crippen LogP contribution in [0.2, 0.25) is 0 Å². The minimum absolute atomic E-state index is 0.150. The SMILES string of the molecule is F[C@H]1C[C@@H](c2ccccc2)n2nc(SC3CC3(F)F)nc21. The lowest BCUT2D eigenvalue weighted by molar-refractivity contribution is 0.122. The monoisotopic (exact) mass is 311 g/mol. The summed E-state index contributed by atoms with van der Waals surface area (Å²) in [4.78, 5) is 4.10. The van der Waals surface area contributed by atoms with Crippen LogP contribution in [-0.4, -0.2) is 25.9 Å². The standard InChI is InChI=1S/C14H12F3N3S/c15-9-6-10(8-4-2-1-3-5-8)20-12(9)18-13(19-20)21-11-7-14(11,16)17/h1-5,9-11H,6-7H2/t9-,10-,11?/m0/s1.